The smallest absolute Gasteiger partial charge is 0.319 e. The highest BCUT2D eigenvalue weighted by molar-refractivity contribution is 5.96. The summed E-state index contributed by atoms with van der Waals surface area (Å²) in [6.07, 6.45) is 5.40. The van der Waals surface area contributed by atoms with E-state index in [1.165, 1.54) is 0 Å². The summed E-state index contributed by atoms with van der Waals surface area (Å²) in [5, 5.41) is 15.0. The van der Waals surface area contributed by atoms with Crippen molar-refractivity contribution in [2.45, 2.75) is 76.5 Å². The van der Waals surface area contributed by atoms with Crippen LogP contribution in [0.3, 0.4) is 0 Å². The Bertz CT molecular complexity index is 1730. The molecule has 6 rings (SSSR count). The van der Waals surface area contributed by atoms with Crippen LogP contribution in [0.25, 0.3) is 5.65 Å². The summed E-state index contributed by atoms with van der Waals surface area (Å²) in [5.74, 6) is 1.13. The van der Waals surface area contributed by atoms with Crippen molar-refractivity contribution in [2.24, 2.45) is 5.73 Å². The first-order valence-corrected chi connectivity index (χ1v) is 15.3. The van der Waals surface area contributed by atoms with Gasteiger partial charge in [-0.15, -0.1) is 10.2 Å². The van der Waals surface area contributed by atoms with Crippen LogP contribution < -0.4 is 21.1 Å². The maximum Gasteiger partial charge on any atom is 0.319 e. The Hall–Kier alpha value is -4.44. The Morgan fingerprint density at radius 3 is 2.52 bits per heavy atom. The lowest BCUT2D eigenvalue weighted by Gasteiger charge is -2.32. The van der Waals surface area contributed by atoms with Crippen LogP contribution in [0.15, 0.2) is 60.8 Å². The van der Waals surface area contributed by atoms with Gasteiger partial charge in [0.05, 0.1) is 17.8 Å². The molecule has 1 aliphatic heterocycles. The normalized spacial score (nSPS) is 22.0. The number of amides is 3. The van der Waals surface area contributed by atoms with E-state index in [2.05, 4.69) is 50.2 Å². The van der Waals surface area contributed by atoms with Gasteiger partial charge in [0.25, 0.3) is 0 Å². The molecule has 1 aliphatic carbocycles. The molecule has 3 amide bonds. The van der Waals surface area contributed by atoms with Crippen LogP contribution in [-0.4, -0.2) is 45.0 Å². The summed E-state index contributed by atoms with van der Waals surface area (Å²) >= 11 is 0. The number of nitrogens with one attached hydrogen (secondary N) is 2. The van der Waals surface area contributed by atoms with E-state index in [-0.39, 0.29) is 29.1 Å². The fraction of sp³-hybridized carbons (Fsp3) is 0.412. The fourth-order valence-electron chi connectivity index (χ4n) is 6.48. The van der Waals surface area contributed by atoms with Crippen molar-refractivity contribution in [2.75, 3.05) is 18.9 Å². The molecule has 4 N–H and O–H groups in total. The van der Waals surface area contributed by atoms with Crippen molar-refractivity contribution in [1.29, 1.82) is 0 Å². The Labute approximate surface area is 258 Å². The first kappa shape index (κ1) is 29.6. The van der Waals surface area contributed by atoms with Crippen LogP contribution in [0.5, 0.6) is 5.75 Å². The van der Waals surface area contributed by atoms with Crippen molar-refractivity contribution < 1.29 is 14.3 Å². The molecule has 2 aromatic heterocycles. The van der Waals surface area contributed by atoms with Gasteiger partial charge >= 0.3 is 6.03 Å². The van der Waals surface area contributed by atoms with Gasteiger partial charge in [0.1, 0.15) is 11.9 Å². The SMILES string of the molecule is CN1CCCC1(C)c1nnc2ccc(O[C@@H]3CC[C@H](NC(=O)Nc4cc(C(N)=O)cc(C(C)(C)C)c4)c4ccccc43)cn12. The van der Waals surface area contributed by atoms with Crippen LogP contribution in [-0.2, 0) is 11.0 Å². The molecule has 230 valence electrons. The molecule has 0 radical (unpaired) electrons. The van der Waals surface area contributed by atoms with Crippen LogP contribution >= 0.6 is 0 Å². The molecule has 44 heavy (non-hydrogen) atoms. The van der Waals surface area contributed by atoms with Crippen LogP contribution in [0.2, 0.25) is 0 Å². The molecule has 0 bridgehead atoms. The maximum atomic E-state index is 13.2. The van der Waals surface area contributed by atoms with E-state index in [1.54, 1.807) is 12.1 Å². The van der Waals surface area contributed by atoms with Crippen molar-refractivity contribution in [3.63, 3.8) is 0 Å². The minimum Gasteiger partial charge on any atom is -0.484 e. The van der Waals surface area contributed by atoms with Gasteiger partial charge in [-0.2, -0.15) is 0 Å². The summed E-state index contributed by atoms with van der Waals surface area (Å²) < 4.78 is 8.66. The number of benzene rings is 2. The van der Waals surface area contributed by atoms with Gasteiger partial charge in [0, 0.05) is 11.3 Å². The lowest BCUT2D eigenvalue weighted by Crippen LogP contribution is -2.37. The number of nitrogens with zero attached hydrogens (tertiary/aromatic N) is 4. The van der Waals surface area contributed by atoms with Gasteiger partial charge in [0.15, 0.2) is 11.5 Å². The van der Waals surface area contributed by atoms with Crippen molar-refractivity contribution >= 4 is 23.3 Å². The van der Waals surface area contributed by atoms with Gasteiger partial charge in [-0.1, -0.05) is 45.0 Å². The molecule has 1 unspecified atom stereocenters. The number of carbonyl (C=O) groups is 2. The average molecular weight is 596 g/mol. The fourth-order valence-corrected chi connectivity index (χ4v) is 6.48. The molecule has 0 spiro atoms. The zero-order valence-electron chi connectivity index (χ0n) is 26.1. The molecule has 4 aromatic rings. The number of hydrogen-bond donors (Lipinski definition) is 3. The van der Waals surface area contributed by atoms with Crippen LogP contribution in [0, 0.1) is 0 Å². The van der Waals surface area contributed by atoms with Gasteiger partial charge in [-0.3, -0.25) is 14.1 Å². The molecular weight excluding hydrogens is 554 g/mol. The minimum atomic E-state index is -0.536. The lowest BCUT2D eigenvalue weighted by atomic mass is 9.85. The molecule has 1 saturated heterocycles. The highest BCUT2D eigenvalue weighted by atomic mass is 16.5. The van der Waals surface area contributed by atoms with E-state index in [4.69, 9.17) is 10.5 Å². The summed E-state index contributed by atoms with van der Waals surface area (Å²) in [6.45, 7) is 9.40. The number of rotatable bonds is 6. The summed E-state index contributed by atoms with van der Waals surface area (Å²) in [5.41, 5.74) is 9.83. The van der Waals surface area contributed by atoms with Crippen molar-refractivity contribution in [3.05, 3.63) is 88.9 Å². The van der Waals surface area contributed by atoms with Crippen LogP contribution in [0.4, 0.5) is 10.5 Å². The molecule has 10 nitrogen and oxygen atoms in total. The molecule has 1 fully saturated rings. The number of anilines is 1. The monoisotopic (exact) mass is 595 g/mol. The predicted octanol–water partition coefficient (Wildman–Crippen LogP) is 5.84. The number of fused-ring (bicyclic) bond motifs is 2. The first-order chi connectivity index (χ1) is 20.9. The van der Waals surface area contributed by atoms with E-state index < -0.39 is 5.91 Å². The quantitative estimate of drug-likeness (QED) is 0.257. The van der Waals surface area contributed by atoms with Crippen LogP contribution in [0.1, 0.15) is 98.4 Å². The van der Waals surface area contributed by atoms with E-state index in [0.717, 1.165) is 59.7 Å². The Morgan fingerprint density at radius 2 is 1.82 bits per heavy atom. The third-order valence-corrected chi connectivity index (χ3v) is 9.22. The minimum absolute atomic E-state index is 0.170. The number of ether oxygens (including phenoxy) is 1. The predicted molar refractivity (Wildman–Crippen MR) is 170 cm³/mol. The number of nitrogens with two attached hydrogens (primary N) is 1. The number of hydrogen-bond acceptors (Lipinski definition) is 6. The lowest BCUT2D eigenvalue weighted by molar-refractivity contribution is 0.1000. The average Bonchev–Trinajstić information content (AvgIpc) is 3.56. The Morgan fingerprint density at radius 1 is 1.05 bits per heavy atom. The number of carbonyl (C=O) groups excluding carboxylic acids is 2. The number of likely N-dealkylation sites (tertiary alicyclic amines) is 1. The standard InChI is InChI=1S/C34H41N7O3/c1-33(2,3)22-17-21(30(35)42)18-23(19-22)36-32(43)37-27-12-13-28(26-10-7-6-9-25(26)27)44-24-11-14-29-38-39-31(41(29)20-24)34(4)15-8-16-40(34)5/h6-7,9-11,14,17-20,27-28H,8,12-13,15-16H2,1-5H3,(H2,35,42)(H2,36,37,43)/t27-,28+,34?/m0/s1. The van der Waals surface area contributed by atoms with Gasteiger partial charge in [-0.25, -0.2) is 4.79 Å². The zero-order valence-corrected chi connectivity index (χ0v) is 26.1. The Kier molecular flexibility index (Phi) is 7.57. The first-order valence-electron chi connectivity index (χ1n) is 15.3. The largest absolute Gasteiger partial charge is 0.484 e. The zero-order chi connectivity index (χ0) is 31.2. The molecule has 10 heteroatoms. The Balaban J connectivity index is 1.20. The number of aromatic nitrogens is 3. The van der Waals surface area contributed by atoms with Gasteiger partial charge in [-0.05, 0) is 98.6 Å². The number of primary amides is 1. The van der Waals surface area contributed by atoms with Gasteiger partial charge in [0.2, 0.25) is 5.91 Å². The molecule has 0 saturated carbocycles. The molecule has 3 atom stereocenters. The van der Waals surface area contributed by atoms with E-state index >= 15 is 0 Å². The number of pyridine rings is 1. The highest BCUT2D eigenvalue weighted by Gasteiger charge is 2.40. The number of urea groups is 1. The van der Waals surface area contributed by atoms with E-state index in [1.807, 2.05) is 63.4 Å². The summed E-state index contributed by atoms with van der Waals surface area (Å²) in [7, 11) is 2.14. The van der Waals surface area contributed by atoms with Crippen molar-refractivity contribution in [3.8, 4) is 5.75 Å². The summed E-state index contributed by atoms with van der Waals surface area (Å²) in [4.78, 5) is 27.5. The third-order valence-electron chi connectivity index (χ3n) is 9.22. The molecule has 2 aromatic carbocycles. The third kappa shape index (κ3) is 5.61. The summed E-state index contributed by atoms with van der Waals surface area (Å²) in [6, 6.07) is 16.7. The molecular formula is C34H41N7O3. The van der Waals surface area contributed by atoms with Gasteiger partial charge < -0.3 is 21.1 Å². The van der Waals surface area contributed by atoms with Crippen molar-refractivity contribution in [1.82, 2.24) is 24.8 Å². The second-order valence-electron chi connectivity index (χ2n) is 13.3. The van der Waals surface area contributed by atoms with E-state index in [9.17, 15) is 9.59 Å². The second-order valence-corrected chi connectivity index (χ2v) is 13.3. The topological polar surface area (TPSA) is 127 Å². The molecule has 3 heterocycles. The maximum absolute atomic E-state index is 13.2. The second kappa shape index (κ2) is 11.2. The molecule has 2 aliphatic rings. The van der Waals surface area contributed by atoms with E-state index in [0.29, 0.717) is 17.7 Å². The highest BCUT2D eigenvalue weighted by Crippen LogP contribution is 2.40.